The molecule has 0 bridgehead atoms. The zero-order valence-electron chi connectivity index (χ0n) is 17.5. The second kappa shape index (κ2) is 10.2. The fraction of sp³-hybridized carbons (Fsp3) is 1.00. The van der Waals surface area contributed by atoms with E-state index in [-0.39, 0.29) is 0 Å². The molecule has 4 atom stereocenters. The molecule has 4 unspecified atom stereocenters. The molecule has 0 aromatic heterocycles. The van der Waals surface area contributed by atoms with Gasteiger partial charge in [0.2, 0.25) is 0 Å². The Morgan fingerprint density at radius 1 is 0.708 bits per heavy atom. The van der Waals surface area contributed by atoms with E-state index in [9.17, 15) is 0 Å². The lowest BCUT2D eigenvalue weighted by atomic mass is 9.63. The Labute approximate surface area is 153 Å². The summed E-state index contributed by atoms with van der Waals surface area (Å²) in [5.74, 6) is 7.14. The van der Waals surface area contributed by atoms with Gasteiger partial charge in [0.15, 0.2) is 0 Å². The van der Waals surface area contributed by atoms with Gasteiger partial charge in [-0.3, -0.25) is 0 Å². The SMILES string of the molecule is CCC1CCC(CC2CCC(C)C(C(CC)C(CC)CC)C2)CC1. The Morgan fingerprint density at radius 3 is 1.83 bits per heavy atom. The van der Waals surface area contributed by atoms with Crippen molar-refractivity contribution in [1.29, 1.82) is 0 Å². The van der Waals surface area contributed by atoms with Gasteiger partial charge >= 0.3 is 0 Å². The van der Waals surface area contributed by atoms with Crippen molar-refractivity contribution in [2.24, 2.45) is 41.4 Å². The largest absolute Gasteiger partial charge is 0.0651 e. The summed E-state index contributed by atoms with van der Waals surface area (Å²) in [6.45, 7) is 12.3. The quantitative estimate of drug-likeness (QED) is 0.420. The maximum absolute atomic E-state index is 2.57. The van der Waals surface area contributed by atoms with Crippen molar-refractivity contribution >= 4 is 0 Å². The van der Waals surface area contributed by atoms with Crippen LogP contribution in [0.15, 0.2) is 0 Å². The van der Waals surface area contributed by atoms with Gasteiger partial charge in [0.25, 0.3) is 0 Å². The van der Waals surface area contributed by atoms with Crippen LogP contribution < -0.4 is 0 Å². The first-order chi connectivity index (χ1) is 11.6. The smallest absolute Gasteiger partial charge is 0.0355 e. The van der Waals surface area contributed by atoms with E-state index in [0.29, 0.717) is 0 Å². The molecule has 0 heterocycles. The molecule has 142 valence electrons. The molecule has 0 amide bonds. The molecule has 0 N–H and O–H groups in total. The highest BCUT2D eigenvalue weighted by molar-refractivity contribution is 4.86. The van der Waals surface area contributed by atoms with Crippen molar-refractivity contribution in [1.82, 2.24) is 0 Å². The fourth-order valence-electron chi connectivity index (χ4n) is 6.49. The Balaban J connectivity index is 1.90. The summed E-state index contributed by atoms with van der Waals surface area (Å²) in [5, 5.41) is 0. The molecule has 2 fully saturated rings. The highest BCUT2D eigenvalue weighted by atomic mass is 14.4. The molecule has 2 rings (SSSR count). The molecule has 0 aliphatic heterocycles. The van der Waals surface area contributed by atoms with Crippen molar-refractivity contribution < 1.29 is 0 Å². The molecule has 0 spiro atoms. The summed E-state index contributed by atoms with van der Waals surface area (Å²) >= 11 is 0. The highest BCUT2D eigenvalue weighted by Crippen LogP contribution is 2.46. The normalized spacial score (nSPS) is 36.0. The second-order valence-electron chi connectivity index (χ2n) is 9.50. The van der Waals surface area contributed by atoms with E-state index in [4.69, 9.17) is 0 Å². The molecule has 2 aliphatic carbocycles. The minimum absolute atomic E-state index is 0.973. The molecular weight excluding hydrogens is 288 g/mol. The van der Waals surface area contributed by atoms with E-state index >= 15 is 0 Å². The zero-order valence-corrected chi connectivity index (χ0v) is 17.5. The van der Waals surface area contributed by atoms with Crippen LogP contribution in [0.5, 0.6) is 0 Å². The van der Waals surface area contributed by atoms with E-state index in [1.54, 1.807) is 25.7 Å². The molecule has 0 saturated heterocycles. The summed E-state index contributed by atoms with van der Waals surface area (Å²) < 4.78 is 0. The topological polar surface area (TPSA) is 0 Å². The van der Waals surface area contributed by atoms with Gasteiger partial charge < -0.3 is 0 Å². The van der Waals surface area contributed by atoms with Crippen molar-refractivity contribution in [3.8, 4) is 0 Å². The van der Waals surface area contributed by atoms with Gasteiger partial charge in [0.05, 0.1) is 0 Å². The van der Waals surface area contributed by atoms with E-state index in [0.717, 1.165) is 41.4 Å². The molecule has 0 heteroatoms. The van der Waals surface area contributed by atoms with Crippen LogP contribution in [-0.4, -0.2) is 0 Å². The molecule has 2 saturated carbocycles. The van der Waals surface area contributed by atoms with Crippen molar-refractivity contribution in [2.45, 2.75) is 112 Å². The van der Waals surface area contributed by atoms with Gasteiger partial charge in [-0.15, -0.1) is 0 Å². The molecule has 0 aromatic carbocycles. The molecule has 24 heavy (non-hydrogen) atoms. The van der Waals surface area contributed by atoms with Gasteiger partial charge in [-0.2, -0.15) is 0 Å². The average Bonchev–Trinajstić information content (AvgIpc) is 2.62. The lowest BCUT2D eigenvalue weighted by Gasteiger charge is -2.43. The third kappa shape index (κ3) is 5.25. The van der Waals surface area contributed by atoms with Crippen molar-refractivity contribution in [2.75, 3.05) is 0 Å². The maximum atomic E-state index is 2.57. The predicted octanol–water partition coefficient (Wildman–Crippen LogP) is 8.11. The average molecular weight is 335 g/mol. The van der Waals surface area contributed by atoms with Crippen LogP contribution in [0.25, 0.3) is 0 Å². The van der Waals surface area contributed by atoms with E-state index in [1.165, 1.54) is 51.4 Å². The van der Waals surface area contributed by atoms with Crippen LogP contribution in [-0.2, 0) is 0 Å². The van der Waals surface area contributed by atoms with Gasteiger partial charge in [0.1, 0.15) is 0 Å². The lowest BCUT2D eigenvalue weighted by Crippen LogP contribution is -2.33. The minimum Gasteiger partial charge on any atom is -0.0651 e. The summed E-state index contributed by atoms with van der Waals surface area (Å²) in [5.41, 5.74) is 0. The zero-order chi connectivity index (χ0) is 17.5. The summed E-state index contributed by atoms with van der Waals surface area (Å²) in [6, 6.07) is 0. The molecule has 0 nitrogen and oxygen atoms in total. The molecule has 0 aromatic rings. The van der Waals surface area contributed by atoms with Crippen LogP contribution in [0.1, 0.15) is 112 Å². The van der Waals surface area contributed by atoms with E-state index < -0.39 is 0 Å². The third-order valence-electron chi connectivity index (χ3n) is 8.25. The van der Waals surface area contributed by atoms with Gasteiger partial charge in [-0.05, 0) is 54.3 Å². The van der Waals surface area contributed by atoms with Crippen molar-refractivity contribution in [3.05, 3.63) is 0 Å². The minimum atomic E-state index is 0.973. The monoisotopic (exact) mass is 334 g/mol. The summed E-state index contributed by atoms with van der Waals surface area (Å²) in [4.78, 5) is 0. The fourth-order valence-corrected chi connectivity index (χ4v) is 6.49. The van der Waals surface area contributed by atoms with E-state index in [1.807, 2.05) is 0 Å². The first kappa shape index (κ1) is 20.3. The van der Waals surface area contributed by atoms with Crippen LogP contribution >= 0.6 is 0 Å². The van der Waals surface area contributed by atoms with Crippen LogP contribution in [0, 0.1) is 41.4 Å². The first-order valence-corrected chi connectivity index (χ1v) is 11.6. The molecule has 0 radical (unpaired) electrons. The Kier molecular flexibility index (Phi) is 8.65. The maximum Gasteiger partial charge on any atom is -0.0355 e. The summed E-state index contributed by atoms with van der Waals surface area (Å²) in [6.07, 6.45) is 17.9. The lowest BCUT2D eigenvalue weighted by molar-refractivity contribution is 0.0733. The number of hydrogen-bond donors (Lipinski definition) is 0. The van der Waals surface area contributed by atoms with Crippen molar-refractivity contribution in [3.63, 3.8) is 0 Å². The Bertz CT molecular complexity index is 321. The highest BCUT2D eigenvalue weighted by Gasteiger charge is 2.36. The van der Waals surface area contributed by atoms with E-state index in [2.05, 4.69) is 34.6 Å². The third-order valence-corrected chi connectivity index (χ3v) is 8.25. The molecular formula is C24H46. The van der Waals surface area contributed by atoms with Crippen LogP contribution in [0.2, 0.25) is 0 Å². The number of hydrogen-bond acceptors (Lipinski definition) is 0. The molecule has 2 aliphatic rings. The summed E-state index contributed by atoms with van der Waals surface area (Å²) in [7, 11) is 0. The Morgan fingerprint density at radius 2 is 1.29 bits per heavy atom. The Hall–Kier alpha value is 0. The van der Waals surface area contributed by atoms with Gasteiger partial charge in [0, 0.05) is 0 Å². The van der Waals surface area contributed by atoms with Gasteiger partial charge in [-0.1, -0.05) is 98.8 Å². The van der Waals surface area contributed by atoms with Gasteiger partial charge in [-0.25, -0.2) is 0 Å². The second-order valence-corrected chi connectivity index (χ2v) is 9.50. The van der Waals surface area contributed by atoms with Crippen LogP contribution in [0.4, 0.5) is 0 Å². The first-order valence-electron chi connectivity index (χ1n) is 11.6. The van der Waals surface area contributed by atoms with Crippen LogP contribution in [0.3, 0.4) is 0 Å². The number of rotatable bonds is 8. The predicted molar refractivity (Wildman–Crippen MR) is 108 cm³/mol. The standard InChI is InChI=1S/C24H46/c1-6-19-12-14-20(15-13-19)16-21-11-10-18(5)24(17-21)23(9-4)22(7-2)8-3/h18-24H,6-17H2,1-5H3.